The second-order valence-electron chi connectivity index (χ2n) is 7.70. The van der Waals surface area contributed by atoms with Crippen LogP contribution in [0.3, 0.4) is 0 Å². The predicted molar refractivity (Wildman–Crippen MR) is 139 cm³/mol. The standard InChI is InChI=1S/C26H26N2O5S2/c1-5-35(30)19-12-8-17(9-13-19)24(33-18-10-6-16(2)7-11-18)25(29)28-26-27-20-14-21(31-3)22(32-4)15-23(20)34-26/h6-15,24H,5H2,1-4H3,(H,27,28,29). The lowest BCUT2D eigenvalue weighted by Gasteiger charge is -2.19. The van der Waals surface area contributed by atoms with Gasteiger partial charge >= 0.3 is 0 Å². The van der Waals surface area contributed by atoms with E-state index in [0.29, 0.717) is 44.1 Å². The average Bonchev–Trinajstić information content (AvgIpc) is 3.27. The number of nitrogens with zero attached hydrogens (tertiary/aromatic N) is 1. The first-order valence-corrected chi connectivity index (χ1v) is 13.1. The third-order valence-electron chi connectivity index (χ3n) is 5.34. The van der Waals surface area contributed by atoms with Crippen LogP contribution in [0.15, 0.2) is 65.6 Å². The minimum Gasteiger partial charge on any atom is -0.493 e. The summed E-state index contributed by atoms with van der Waals surface area (Å²) in [6.45, 7) is 3.85. The molecule has 0 bridgehead atoms. The van der Waals surface area contributed by atoms with Crippen molar-refractivity contribution in [2.75, 3.05) is 25.3 Å². The minimum atomic E-state index is -1.08. The quantitative estimate of drug-likeness (QED) is 0.320. The third-order valence-corrected chi connectivity index (χ3v) is 7.60. The summed E-state index contributed by atoms with van der Waals surface area (Å²) in [5, 5.41) is 3.32. The van der Waals surface area contributed by atoms with Crippen LogP contribution in [-0.2, 0) is 15.6 Å². The van der Waals surface area contributed by atoms with Crippen LogP contribution in [-0.4, -0.2) is 35.1 Å². The van der Waals surface area contributed by atoms with Crippen molar-refractivity contribution < 1.29 is 23.2 Å². The molecule has 35 heavy (non-hydrogen) atoms. The van der Waals surface area contributed by atoms with Gasteiger partial charge in [0, 0.05) is 28.3 Å². The number of carbonyl (C=O) groups is 1. The number of hydrogen-bond donors (Lipinski definition) is 1. The fourth-order valence-electron chi connectivity index (χ4n) is 3.47. The average molecular weight is 511 g/mol. The monoisotopic (exact) mass is 510 g/mol. The fourth-order valence-corrected chi connectivity index (χ4v) is 5.12. The summed E-state index contributed by atoms with van der Waals surface area (Å²) in [4.78, 5) is 18.6. The van der Waals surface area contributed by atoms with E-state index < -0.39 is 16.9 Å². The van der Waals surface area contributed by atoms with Crippen molar-refractivity contribution in [1.29, 1.82) is 0 Å². The number of carbonyl (C=O) groups excluding carboxylic acids is 1. The molecular formula is C26H26N2O5S2. The van der Waals surface area contributed by atoms with Gasteiger partial charge in [-0.05, 0) is 31.2 Å². The van der Waals surface area contributed by atoms with Crippen molar-refractivity contribution >= 4 is 43.4 Å². The largest absolute Gasteiger partial charge is 0.493 e. The first-order chi connectivity index (χ1) is 16.9. The second kappa shape index (κ2) is 10.9. The number of anilines is 1. The van der Waals surface area contributed by atoms with E-state index in [1.165, 1.54) is 11.3 Å². The van der Waals surface area contributed by atoms with E-state index in [4.69, 9.17) is 14.2 Å². The van der Waals surface area contributed by atoms with Crippen molar-refractivity contribution in [3.05, 3.63) is 71.8 Å². The van der Waals surface area contributed by atoms with E-state index in [-0.39, 0.29) is 5.91 Å². The van der Waals surface area contributed by atoms with Gasteiger partial charge in [-0.1, -0.05) is 48.1 Å². The van der Waals surface area contributed by atoms with Crippen molar-refractivity contribution in [3.63, 3.8) is 0 Å². The van der Waals surface area contributed by atoms with Gasteiger partial charge in [-0.2, -0.15) is 0 Å². The molecule has 2 unspecified atom stereocenters. The Balaban J connectivity index is 1.63. The number of ether oxygens (including phenoxy) is 3. The molecule has 0 saturated heterocycles. The molecule has 4 rings (SSSR count). The lowest BCUT2D eigenvalue weighted by molar-refractivity contribution is -0.123. The predicted octanol–water partition coefficient (Wildman–Crippen LogP) is 5.51. The maximum Gasteiger partial charge on any atom is 0.271 e. The lowest BCUT2D eigenvalue weighted by atomic mass is 10.1. The highest BCUT2D eigenvalue weighted by atomic mass is 32.2. The molecule has 0 fully saturated rings. The number of amides is 1. The van der Waals surface area contributed by atoms with Crippen molar-refractivity contribution in [1.82, 2.24) is 4.98 Å². The Morgan fingerprint density at radius 2 is 1.69 bits per heavy atom. The molecule has 9 heteroatoms. The van der Waals surface area contributed by atoms with Crippen molar-refractivity contribution in [2.24, 2.45) is 0 Å². The first-order valence-electron chi connectivity index (χ1n) is 11.0. The molecule has 0 aliphatic carbocycles. The van der Waals surface area contributed by atoms with Crippen LogP contribution in [0.5, 0.6) is 17.2 Å². The van der Waals surface area contributed by atoms with Crippen molar-refractivity contribution in [2.45, 2.75) is 24.8 Å². The number of methoxy groups -OCH3 is 2. The molecule has 0 saturated carbocycles. The van der Waals surface area contributed by atoms with Gasteiger partial charge in [0.2, 0.25) is 6.10 Å². The van der Waals surface area contributed by atoms with Gasteiger partial charge in [0.15, 0.2) is 16.6 Å². The van der Waals surface area contributed by atoms with Crippen LogP contribution in [0.2, 0.25) is 0 Å². The molecule has 3 aromatic carbocycles. The summed E-state index contributed by atoms with van der Waals surface area (Å²) < 4.78 is 29.8. The van der Waals surface area contributed by atoms with Gasteiger partial charge in [0.25, 0.3) is 5.91 Å². The van der Waals surface area contributed by atoms with Crippen LogP contribution < -0.4 is 19.5 Å². The topological polar surface area (TPSA) is 86.8 Å². The van der Waals surface area contributed by atoms with Crippen LogP contribution >= 0.6 is 11.3 Å². The summed E-state index contributed by atoms with van der Waals surface area (Å²) in [5.41, 5.74) is 2.42. The highest BCUT2D eigenvalue weighted by molar-refractivity contribution is 7.85. The maximum atomic E-state index is 13.4. The highest BCUT2D eigenvalue weighted by Gasteiger charge is 2.25. The molecule has 7 nitrogen and oxygen atoms in total. The first kappa shape index (κ1) is 24.7. The van der Waals surface area contributed by atoms with Gasteiger partial charge in [-0.3, -0.25) is 14.3 Å². The Bertz CT molecular complexity index is 1310. The highest BCUT2D eigenvalue weighted by Crippen LogP contribution is 2.36. The zero-order chi connectivity index (χ0) is 24.9. The normalized spacial score (nSPS) is 12.7. The number of nitrogens with one attached hydrogen (secondary N) is 1. The molecule has 1 heterocycles. The molecule has 1 N–H and O–H groups in total. The van der Waals surface area contributed by atoms with Crippen LogP contribution in [0.25, 0.3) is 10.2 Å². The molecular weight excluding hydrogens is 484 g/mol. The number of aromatic nitrogens is 1. The summed E-state index contributed by atoms with van der Waals surface area (Å²) in [6, 6.07) is 18.2. The van der Waals surface area contributed by atoms with Crippen LogP contribution in [0.1, 0.15) is 24.2 Å². The van der Waals surface area contributed by atoms with Gasteiger partial charge in [-0.15, -0.1) is 0 Å². The summed E-state index contributed by atoms with van der Waals surface area (Å²) in [6.07, 6.45) is -0.932. The second-order valence-corrected chi connectivity index (χ2v) is 10.5. The van der Waals surface area contributed by atoms with E-state index >= 15 is 0 Å². The number of thiazole rings is 1. The smallest absolute Gasteiger partial charge is 0.271 e. The fraction of sp³-hybridized carbons (Fsp3) is 0.231. The van der Waals surface area contributed by atoms with Gasteiger partial charge in [-0.25, -0.2) is 4.98 Å². The SMILES string of the molecule is CCS(=O)c1ccc(C(Oc2ccc(C)cc2)C(=O)Nc2nc3cc(OC)c(OC)cc3s2)cc1. The Morgan fingerprint density at radius 1 is 1.03 bits per heavy atom. The lowest BCUT2D eigenvalue weighted by Crippen LogP contribution is -2.25. The molecule has 1 amide bonds. The Labute approximate surface area is 210 Å². The molecule has 4 aromatic rings. The summed E-state index contributed by atoms with van der Waals surface area (Å²) in [7, 11) is 2.05. The molecule has 0 radical (unpaired) electrons. The molecule has 1 aromatic heterocycles. The molecule has 182 valence electrons. The van der Waals surface area contributed by atoms with Gasteiger partial charge in [0.05, 0.1) is 35.2 Å². The molecule has 0 aliphatic heterocycles. The summed E-state index contributed by atoms with van der Waals surface area (Å²) >= 11 is 1.33. The Hall–Kier alpha value is -3.43. The molecule has 0 aliphatic rings. The van der Waals surface area contributed by atoms with E-state index in [0.717, 1.165) is 10.3 Å². The maximum absolute atomic E-state index is 13.4. The van der Waals surface area contributed by atoms with E-state index in [1.807, 2.05) is 44.2 Å². The number of rotatable bonds is 9. The van der Waals surface area contributed by atoms with Crippen molar-refractivity contribution in [3.8, 4) is 17.2 Å². The van der Waals surface area contributed by atoms with E-state index in [2.05, 4.69) is 10.3 Å². The third kappa shape index (κ3) is 5.63. The summed E-state index contributed by atoms with van der Waals surface area (Å²) in [5.74, 6) is 1.87. The molecule has 0 spiro atoms. The zero-order valence-electron chi connectivity index (χ0n) is 19.9. The number of benzene rings is 3. The Kier molecular flexibility index (Phi) is 7.67. The Morgan fingerprint density at radius 3 is 2.31 bits per heavy atom. The van der Waals surface area contributed by atoms with Gasteiger partial charge in [0.1, 0.15) is 5.75 Å². The van der Waals surface area contributed by atoms with E-state index in [9.17, 15) is 9.00 Å². The zero-order valence-corrected chi connectivity index (χ0v) is 21.5. The molecule has 2 atom stereocenters. The van der Waals surface area contributed by atoms with E-state index in [1.54, 1.807) is 44.6 Å². The number of aryl methyl sites for hydroxylation is 1. The van der Waals surface area contributed by atoms with Crippen LogP contribution in [0, 0.1) is 6.92 Å². The number of hydrogen-bond acceptors (Lipinski definition) is 7. The minimum absolute atomic E-state index is 0.368. The number of fused-ring (bicyclic) bond motifs is 1. The van der Waals surface area contributed by atoms with Crippen LogP contribution in [0.4, 0.5) is 5.13 Å². The van der Waals surface area contributed by atoms with Gasteiger partial charge < -0.3 is 14.2 Å².